The largest absolute Gasteiger partial charge is 0.395 e. The van der Waals surface area contributed by atoms with Crippen LogP contribution in [0.2, 0.25) is 0 Å². The molecule has 1 aliphatic rings. The molecule has 1 saturated carbocycles. The third-order valence-corrected chi connectivity index (χ3v) is 3.51. The standard InChI is InChI=1S/C14H29N3O/c1-2-15-14(17-11-12-18)16-10-6-5-9-13-7-3-4-8-13/h13,18H,2-12H2,1H3,(H2,15,16,17). The van der Waals surface area contributed by atoms with Gasteiger partial charge >= 0.3 is 0 Å². The van der Waals surface area contributed by atoms with Crippen molar-refractivity contribution in [3.63, 3.8) is 0 Å². The molecule has 0 aromatic rings. The summed E-state index contributed by atoms with van der Waals surface area (Å²) in [6, 6.07) is 0. The molecule has 0 heterocycles. The number of aliphatic hydroxyl groups is 1. The second kappa shape index (κ2) is 10.2. The fourth-order valence-corrected chi connectivity index (χ4v) is 2.55. The van der Waals surface area contributed by atoms with Gasteiger partial charge in [0, 0.05) is 19.6 Å². The van der Waals surface area contributed by atoms with Crippen molar-refractivity contribution >= 4 is 5.96 Å². The topological polar surface area (TPSA) is 56.7 Å². The molecule has 4 nitrogen and oxygen atoms in total. The molecule has 0 amide bonds. The number of unbranched alkanes of at least 4 members (excludes halogenated alkanes) is 1. The molecule has 0 spiro atoms. The van der Waals surface area contributed by atoms with E-state index in [0.29, 0.717) is 6.54 Å². The first-order valence-electron chi connectivity index (χ1n) is 7.50. The number of aliphatic imine (C=N–C) groups is 1. The van der Waals surface area contributed by atoms with Crippen LogP contribution in [-0.4, -0.2) is 37.3 Å². The van der Waals surface area contributed by atoms with E-state index in [2.05, 4.69) is 22.5 Å². The van der Waals surface area contributed by atoms with Crippen LogP contribution in [0.15, 0.2) is 4.99 Å². The molecule has 0 aromatic heterocycles. The Morgan fingerprint density at radius 2 is 2.00 bits per heavy atom. The first kappa shape index (κ1) is 15.3. The Balaban J connectivity index is 2.07. The SMILES string of the molecule is CCNC(=NCCCCC1CCCC1)NCCO. The number of hydrogen-bond donors (Lipinski definition) is 3. The van der Waals surface area contributed by atoms with Gasteiger partial charge in [-0.15, -0.1) is 0 Å². The van der Waals surface area contributed by atoms with Crippen LogP contribution >= 0.6 is 0 Å². The molecule has 106 valence electrons. The van der Waals surface area contributed by atoms with E-state index in [1.165, 1.54) is 44.9 Å². The number of hydrogen-bond acceptors (Lipinski definition) is 2. The predicted molar refractivity (Wildman–Crippen MR) is 76.9 cm³/mol. The summed E-state index contributed by atoms with van der Waals surface area (Å²) in [7, 11) is 0. The average Bonchev–Trinajstić information content (AvgIpc) is 2.88. The van der Waals surface area contributed by atoms with Crippen LogP contribution in [0.4, 0.5) is 0 Å². The quantitative estimate of drug-likeness (QED) is 0.353. The van der Waals surface area contributed by atoms with Crippen molar-refractivity contribution in [3.05, 3.63) is 0 Å². The maximum Gasteiger partial charge on any atom is 0.191 e. The lowest BCUT2D eigenvalue weighted by Crippen LogP contribution is -2.38. The van der Waals surface area contributed by atoms with E-state index in [1.54, 1.807) is 0 Å². The van der Waals surface area contributed by atoms with Gasteiger partial charge in [-0.1, -0.05) is 38.5 Å². The van der Waals surface area contributed by atoms with E-state index < -0.39 is 0 Å². The van der Waals surface area contributed by atoms with Gasteiger partial charge in [-0.25, -0.2) is 0 Å². The molecule has 0 aromatic carbocycles. The molecule has 18 heavy (non-hydrogen) atoms. The highest BCUT2D eigenvalue weighted by atomic mass is 16.3. The average molecular weight is 255 g/mol. The van der Waals surface area contributed by atoms with Crippen LogP contribution in [-0.2, 0) is 0 Å². The zero-order valence-electron chi connectivity index (χ0n) is 11.7. The third-order valence-electron chi connectivity index (χ3n) is 3.51. The van der Waals surface area contributed by atoms with Gasteiger partial charge in [0.05, 0.1) is 6.61 Å². The summed E-state index contributed by atoms with van der Waals surface area (Å²) in [5.74, 6) is 1.82. The molecule has 0 saturated heterocycles. The number of nitrogens with one attached hydrogen (secondary N) is 2. The van der Waals surface area contributed by atoms with Gasteiger partial charge in [-0.05, 0) is 19.3 Å². The summed E-state index contributed by atoms with van der Waals surface area (Å²) < 4.78 is 0. The molecule has 1 fully saturated rings. The molecular formula is C14H29N3O. The van der Waals surface area contributed by atoms with Gasteiger partial charge in [-0.2, -0.15) is 0 Å². The molecule has 3 N–H and O–H groups in total. The summed E-state index contributed by atoms with van der Waals surface area (Å²) in [5, 5.41) is 15.0. The van der Waals surface area contributed by atoms with Crippen molar-refractivity contribution in [1.82, 2.24) is 10.6 Å². The van der Waals surface area contributed by atoms with Gasteiger partial charge in [0.15, 0.2) is 5.96 Å². The van der Waals surface area contributed by atoms with E-state index in [0.717, 1.165) is 25.0 Å². The van der Waals surface area contributed by atoms with E-state index in [1.807, 2.05) is 0 Å². The zero-order valence-corrected chi connectivity index (χ0v) is 11.7. The van der Waals surface area contributed by atoms with Crippen molar-refractivity contribution in [2.24, 2.45) is 10.9 Å². The van der Waals surface area contributed by atoms with Crippen molar-refractivity contribution in [2.75, 3.05) is 26.2 Å². The Kier molecular flexibility index (Phi) is 8.65. The van der Waals surface area contributed by atoms with Crippen LogP contribution in [0, 0.1) is 5.92 Å². The summed E-state index contributed by atoms with van der Waals surface area (Å²) in [6.45, 7) is 4.50. The minimum atomic E-state index is 0.145. The molecule has 4 heteroatoms. The van der Waals surface area contributed by atoms with Crippen molar-refractivity contribution < 1.29 is 5.11 Å². The predicted octanol–water partition coefficient (Wildman–Crippen LogP) is 1.89. The lowest BCUT2D eigenvalue weighted by Gasteiger charge is -2.10. The number of rotatable bonds is 8. The number of aliphatic hydroxyl groups excluding tert-OH is 1. The highest BCUT2D eigenvalue weighted by molar-refractivity contribution is 5.79. The summed E-state index contributed by atoms with van der Waals surface area (Å²) >= 11 is 0. The normalized spacial score (nSPS) is 17.1. The van der Waals surface area contributed by atoms with Gasteiger partial charge in [0.1, 0.15) is 0 Å². The maximum absolute atomic E-state index is 8.77. The first-order chi connectivity index (χ1) is 8.86. The Bertz CT molecular complexity index is 225. The van der Waals surface area contributed by atoms with Gasteiger partial charge in [0.25, 0.3) is 0 Å². The smallest absolute Gasteiger partial charge is 0.191 e. The summed E-state index contributed by atoms with van der Waals surface area (Å²) in [5.41, 5.74) is 0. The Labute approximate surface area is 111 Å². The van der Waals surface area contributed by atoms with Crippen molar-refractivity contribution in [3.8, 4) is 0 Å². The number of guanidine groups is 1. The lowest BCUT2D eigenvalue weighted by atomic mass is 10.0. The third kappa shape index (κ3) is 6.84. The summed E-state index contributed by atoms with van der Waals surface area (Å²) in [4.78, 5) is 4.50. The highest BCUT2D eigenvalue weighted by Gasteiger charge is 2.13. The Hall–Kier alpha value is -0.770. The van der Waals surface area contributed by atoms with Gasteiger partial charge in [0.2, 0.25) is 0 Å². The molecule has 0 aliphatic heterocycles. The molecule has 0 bridgehead atoms. The second-order valence-electron chi connectivity index (χ2n) is 5.06. The summed E-state index contributed by atoms with van der Waals surface area (Å²) in [6.07, 6.45) is 9.64. The minimum Gasteiger partial charge on any atom is -0.395 e. The molecule has 1 rings (SSSR count). The fourth-order valence-electron chi connectivity index (χ4n) is 2.55. The minimum absolute atomic E-state index is 0.145. The van der Waals surface area contributed by atoms with E-state index in [4.69, 9.17) is 5.11 Å². The highest BCUT2D eigenvalue weighted by Crippen LogP contribution is 2.28. The molecule has 0 radical (unpaired) electrons. The number of nitrogens with zero attached hydrogens (tertiary/aromatic N) is 1. The van der Waals surface area contributed by atoms with E-state index in [-0.39, 0.29) is 6.61 Å². The maximum atomic E-state index is 8.77. The van der Waals surface area contributed by atoms with Crippen LogP contribution in [0.3, 0.4) is 0 Å². The van der Waals surface area contributed by atoms with Crippen molar-refractivity contribution in [1.29, 1.82) is 0 Å². The fraction of sp³-hybridized carbons (Fsp3) is 0.929. The molecule has 1 aliphatic carbocycles. The van der Waals surface area contributed by atoms with E-state index in [9.17, 15) is 0 Å². The van der Waals surface area contributed by atoms with Crippen LogP contribution in [0.1, 0.15) is 51.9 Å². The van der Waals surface area contributed by atoms with Crippen molar-refractivity contribution in [2.45, 2.75) is 51.9 Å². The first-order valence-corrected chi connectivity index (χ1v) is 7.50. The van der Waals surface area contributed by atoms with Gasteiger partial charge < -0.3 is 15.7 Å². The van der Waals surface area contributed by atoms with Crippen LogP contribution in [0.5, 0.6) is 0 Å². The Morgan fingerprint density at radius 3 is 2.67 bits per heavy atom. The zero-order chi connectivity index (χ0) is 13.1. The second-order valence-corrected chi connectivity index (χ2v) is 5.06. The molecule has 0 unspecified atom stereocenters. The van der Waals surface area contributed by atoms with Crippen LogP contribution < -0.4 is 10.6 Å². The molecular weight excluding hydrogens is 226 g/mol. The van der Waals surface area contributed by atoms with Gasteiger partial charge in [-0.3, -0.25) is 4.99 Å². The molecule has 0 atom stereocenters. The lowest BCUT2D eigenvalue weighted by molar-refractivity contribution is 0.300. The van der Waals surface area contributed by atoms with E-state index >= 15 is 0 Å². The monoisotopic (exact) mass is 255 g/mol. The van der Waals surface area contributed by atoms with Crippen LogP contribution in [0.25, 0.3) is 0 Å². The Morgan fingerprint density at radius 1 is 1.22 bits per heavy atom.